The van der Waals surface area contributed by atoms with Crippen LogP contribution in [0.5, 0.6) is 5.75 Å². The Morgan fingerprint density at radius 1 is 1.25 bits per heavy atom. The molecule has 1 amide bonds. The Kier molecular flexibility index (Phi) is 5.40. The van der Waals surface area contributed by atoms with Crippen LogP contribution in [0, 0.1) is 0 Å². The largest absolute Gasteiger partial charge is 0.493 e. The van der Waals surface area contributed by atoms with Gasteiger partial charge in [-0.25, -0.2) is 10.8 Å². The normalized spacial score (nSPS) is 10.1. The molecule has 6 heteroatoms. The summed E-state index contributed by atoms with van der Waals surface area (Å²) < 4.78 is 5.58. The first-order valence-electron chi connectivity index (χ1n) is 6.07. The Morgan fingerprint density at radius 2 is 2.05 bits per heavy atom. The smallest absolute Gasteiger partial charge is 0.265 e. The molecule has 0 unspecified atom stereocenters. The summed E-state index contributed by atoms with van der Waals surface area (Å²) in [6, 6.07) is 12.6. The van der Waals surface area contributed by atoms with Crippen molar-refractivity contribution in [2.24, 2.45) is 5.84 Å². The summed E-state index contributed by atoms with van der Waals surface area (Å²) in [7, 11) is 0. The van der Waals surface area contributed by atoms with Crippen molar-refractivity contribution < 1.29 is 9.53 Å². The summed E-state index contributed by atoms with van der Waals surface area (Å²) >= 11 is 1.63. The molecule has 2 aromatic rings. The molecule has 2 rings (SSSR count). The molecular formula is C14H15N3O2S. The van der Waals surface area contributed by atoms with Crippen molar-refractivity contribution in [3.05, 3.63) is 54.2 Å². The number of hydrazine groups is 1. The fourth-order valence-electron chi connectivity index (χ4n) is 1.52. The molecule has 1 heterocycles. The van der Waals surface area contributed by atoms with E-state index in [9.17, 15) is 4.79 Å². The zero-order valence-corrected chi connectivity index (χ0v) is 11.6. The van der Waals surface area contributed by atoms with Crippen molar-refractivity contribution >= 4 is 17.7 Å². The van der Waals surface area contributed by atoms with Gasteiger partial charge in [0.15, 0.2) is 0 Å². The Hall–Kier alpha value is -2.05. The van der Waals surface area contributed by atoms with E-state index < -0.39 is 0 Å². The fourth-order valence-corrected chi connectivity index (χ4v) is 2.21. The van der Waals surface area contributed by atoms with Gasteiger partial charge < -0.3 is 4.74 Å². The van der Waals surface area contributed by atoms with Gasteiger partial charge in [-0.05, 0) is 36.4 Å². The standard InChI is InChI=1S/C14H15N3O2S/c15-17-14(18)11-4-6-12(7-5-11)19-9-10-20-13-3-1-2-8-16-13/h1-8H,9-10,15H2,(H,17,18). The highest BCUT2D eigenvalue weighted by Gasteiger charge is 2.03. The zero-order valence-electron chi connectivity index (χ0n) is 10.8. The molecule has 0 aliphatic rings. The van der Waals surface area contributed by atoms with Crippen LogP contribution < -0.4 is 16.0 Å². The average molecular weight is 289 g/mol. The SMILES string of the molecule is NNC(=O)c1ccc(OCCSc2ccccn2)cc1. The first kappa shape index (κ1) is 14.4. The molecular weight excluding hydrogens is 274 g/mol. The molecule has 20 heavy (non-hydrogen) atoms. The number of carbonyl (C=O) groups excluding carboxylic acids is 1. The van der Waals surface area contributed by atoms with Crippen LogP contribution in [0.4, 0.5) is 0 Å². The number of nitrogens with zero attached hydrogens (tertiary/aromatic N) is 1. The Labute approximate surface area is 121 Å². The van der Waals surface area contributed by atoms with E-state index in [2.05, 4.69) is 10.4 Å². The number of amides is 1. The van der Waals surface area contributed by atoms with E-state index in [0.29, 0.717) is 12.2 Å². The lowest BCUT2D eigenvalue weighted by atomic mass is 10.2. The zero-order chi connectivity index (χ0) is 14.2. The van der Waals surface area contributed by atoms with Crippen LogP contribution >= 0.6 is 11.8 Å². The van der Waals surface area contributed by atoms with E-state index in [1.807, 2.05) is 18.2 Å². The molecule has 104 valence electrons. The molecule has 1 aromatic heterocycles. The quantitative estimate of drug-likeness (QED) is 0.279. The van der Waals surface area contributed by atoms with Crippen molar-refractivity contribution in [3.63, 3.8) is 0 Å². The average Bonchev–Trinajstić information content (AvgIpc) is 2.52. The summed E-state index contributed by atoms with van der Waals surface area (Å²) in [5.74, 6) is 6.27. The molecule has 0 aliphatic carbocycles. The van der Waals surface area contributed by atoms with Gasteiger partial charge in [-0.1, -0.05) is 6.07 Å². The van der Waals surface area contributed by atoms with Crippen molar-refractivity contribution in [2.75, 3.05) is 12.4 Å². The first-order chi connectivity index (χ1) is 9.79. The number of pyridine rings is 1. The number of thioether (sulfide) groups is 1. The number of hydrogen-bond donors (Lipinski definition) is 2. The monoisotopic (exact) mass is 289 g/mol. The molecule has 0 saturated heterocycles. The molecule has 5 nitrogen and oxygen atoms in total. The minimum absolute atomic E-state index is 0.317. The summed E-state index contributed by atoms with van der Waals surface area (Å²) in [6.07, 6.45) is 1.77. The highest BCUT2D eigenvalue weighted by Crippen LogP contribution is 2.16. The topological polar surface area (TPSA) is 77.2 Å². The predicted octanol–water partition coefficient (Wildman–Crippen LogP) is 1.86. The molecule has 0 saturated carbocycles. The number of rotatable bonds is 6. The minimum atomic E-state index is -0.317. The number of benzene rings is 1. The van der Waals surface area contributed by atoms with Crippen LogP contribution in [0.1, 0.15) is 10.4 Å². The minimum Gasteiger partial charge on any atom is -0.493 e. The van der Waals surface area contributed by atoms with Crippen molar-refractivity contribution in [3.8, 4) is 5.75 Å². The summed E-state index contributed by atoms with van der Waals surface area (Å²) in [5, 5.41) is 0.978. The maximum absolute atomic E-state index is 11.3. The third-order valence-electron chi connectivity index (χ3n) is 2.49. The van der Waals surface area contributed by atoms with E-state index in [1.165, 1.54) is 0 Å². The third kappa shape index (κ3) is 4.25. The van der Waals surface area contributed by atoms with Gasteiger partial charge in [0.2, 0.25) is 0 Å². The van der Waals surface area contributed by atoms with Crippen LogP contribution in [0.25, 0.3) is 0 Å². The molecule has 0 aliphatic heterocycles. The van der Waals surface area contributed by atoms with Crippen molar-refractivity contribution in [2.45, 2.75) is 5.03 Å². The maximum Gasteiger partial charge on any atom is 0.265 e. The number of aromatic nitrogens is 1. The molecule has 0 spiro atoms. The van der Waals surface area contributed by atoms with E-state index in [0.717, 1.165) is 16.5 Å². The highest BCUT2D eigenvalue weighted by molar-refractivity contribution is 7.99. The third-order valence-corrected chi connectivity index (χ3v) is 3.40. The molecule has 3 N–H and O–H groups in total. The molecule has 1 aromatic carbocycles. The number of hydrogen-bond acceptors (Lipinski definition) is 5. The summed E-state index contributed by atoms with van der Waals surface area (Å²) in [4.78, 5) is 15.5. The van der Waals surface area contributed by atoms with Gasteiger partial charge in [0, 0.05) is 17.5 Å². The van der Waals surface area contributed by atoms with Crippen LogP contribution in [-0.4, -0.2) is 23.3 Å². The van der Waals surface area contributed by atoms with Crippen LogP contribution in [0.2, 0.25) is 0 Å². The molecule has 0 radical (unpaired) electrons. The second-order valence-electron chi connectivity index (χ2n) is 3.86. The maximum atomic E-state index is 11.3. The van der Waals surface area contributed by atoms with Gasteiger partial charge in [0.1, 0.15) is 5.75 Å². The summed E-state index contributed by atoms with van der Waals surface area (Å²) in [5.41, 5.74) is 2.58. The Morgan fingerprint density at radius 3 is 2.70 bits per heavy atom. The number of nitrogens with two attached hydrogens (primary N) is 1. The van der Waals surface area contributed by atoms with Gasteiger partial charge in [-0.3, -0.25) is 10.2 Å². The molecule has 0 atom stereocenters. The van der Waals surface area contributed by atoms with Gasteiger partial charge >= 0.3 is 0 Å². The predicted molar refractivity (Wildman–Crippen MR) is 78.6 cm³/mol. The highest BCUT2D eigenvalue weighted by atomic mass is 32.2. The van der Waals surface area contributed by atoms with E-state index in [-0.39, 0.29) is 5.91 Å². The van der Waals surface area contributed by atoms with Gasteiger partial charge in [-0.2, -0.15) is 0 Å². The van der Waals surface area contributed by atoms with Crippen molar-refractivity contribution in [1.29, 1.82) is 0 Å². The van der Waals surface area contributed by atoms with Crippen LogP contribution in [0.3, 0.4) is 0 Å². The lowest BCUT2D eigenvalue weighted by Gasteiger charge is -2.06. The van der Waals surface area contributed by atoms with Gasteiger partial charge in [0.25, 0.3) is 5.91 Å². The molecule has 0 bridgehead atoms. The van der Waals surface area contributed by atoms with Gasteiger partial charge in [-0.15, -0.1) is 11.8 Å². The van der Waals surface area contributed by atoms with E-state index >= 15 is 0 Å². The second kappa shape index (κ2) is 7.52. The number of ether oxygens (including phenoxy) is 1. The number of nitrogen functional groups attached to an aromatic ring is 1. The fraction of sp³-hybridized carbons (Fsp3) is 0.143. The Bertz CT molecular complexity index is 546. The number of carbonyl (C=O) groups is 1. The Balaban J connectivity index is 1.75. The van der Waals surface area contributed by atoms with Crippen LogP contribution in [-0.2, 0) is 0 Å². The van der Waals surface area contributed by atoms with E-state index in [4.69, 9.17) is 10.6 Å². The summed E-state index contributed by atoms with van der Waals surface area (Å²) in [6.45, 7) is 0.573. The second-order valence-corrected chi connectivity index (χ2v) is 4.98. The van der Waals surface area contributed by atoms with Crippen LogP contribution in [0.15, 0.2) is 53.7 Å². The molecule has 0 fully saturated rings. The lowest BCUT2D eigenvalue weighted by molar-refractivity contribution is 0.0953. The lowest BCUT2D eigenvalue weighted by Crippen LogP contribution is -2.29. The van der Waals surface area contributed by atoms with E-state index in [1.54, 1.807) is 42.2 Å². The van der Waals surface area contributed by atoms with Gasteiger partial charge in [0.05, 0.1) is 11.6 Å². The number of nitrogens with one attached hydrogen (secondary N) is 1. The first-order valence-corrected chi connectivity index (χ1v) is 7.06. The van der Waals surface area contributed by atoms with Crippen molar-refractivity contribution in [1.82, 2.24) is 10.4 Å².